The van der Waals surface area contributed by atoms with Crippen LogP contribution in [0, 0.1) is 23.2 Å². The highest BCUT2D eigenvalue weighted by molar-refractivity contribution is 6.34. The normalized spacial score (nSPS) is 22.5. The summed E-state index contributed by atoms with van der Waals surface area (Å²) in [4.78, 5) is 70.4. The maximum atomic E-state index is 14.7. The molecule has 1 aliphatic carbocycles. The molecule has 2 saturated heterocycles. The summed E-state index contributed by atoms with van der Waals surface area (Å²) >= 11 is 6.57. The second-order valence-electron chi connectivity index (χ2n) is 18.3. The fourth-order valence-electron chi connectivity index (χ4n) is 8.78. The van der Waals surface area contributed by atoms with Gasteiger partial charge in [0.2, 0.25) is 11.8 Å². The van der Waals surface area contributed by atoms with Crippen molar-refractivity contribution < 1.29 is 37.1 Å². The molecule has 7 rings (SSSR count). The maximum absolute atomic E-state index is 14.7. The number of nitrogens with zero attached hydrogens (tertiary/aromatic N) is 5. The Morgan fingerprint density at radius 1 is 0.921 bits per heavy atom. The number of hydrogen-bond acceptors (Lipinski definition) is 8. The Morgan fingerprint density at radius 3 is 2.21 bits per heavy atom. The molecule has 0 radical (unpaired) electrons. The molecule has 4 amide bonds. The lowest BCUT2D eigenvalue weighted by Gasteiger charge is -2.45. The van der Waals surface area contributed by atoms with Gasteiger partial charge in [0.25, 0.3) is 5.91 Å². The highest BCUT2D eigenvalue weighted by atomic mass is 35.5. The third-order valence-corrected chi connectivity index (χ3v) is 13.0. The first-order valence-electron chi connectivity index (χ1n) is 21.2. The fraction of sp³-hybridized carbons (Fsp3) is 0.478. The number of benzene rings is 2. The average Bonchev–Trinajstić information content (AvgIpc) is 3.52. The largest absolute Gasteiger partial charge is 0.453 e. The number of likely N-dealkylation sites (tertiary alicyclic amines) is 1. The summed E-state index contributed by atoms with van der Waals surface area (Å²) in [6.07, 6.45) is -0.969. The minimum absolute atomic E-state index is 0.0228. The summed E-state index contributed by atoms with van der Waals surface area (Å²) in [5.74, 6) is 0.443. The molecule has 63 heavy (non-hydrogen) atoms. The number of carbonyl (C=O) groups excluding carboxylic acids is 4. The first-order chi connectivity index (χ1) is 29.7. The van der Waals surface area contributed by atoms with Crippen LogP contribution in [0.2, 0.25) is 5.02 Å². The quantitative estimate of drug-likeness (QED) is 0.143. The molecule has 4 heterocycles. The van der Waals surface area contributed by atoms with E-state index in [0.717, 1.165) is 12.5 Å². The zero-order valence-electron chi connectivity index (χ0n) is 36.6. The van der Waals surface area contributed by atoms with Gasteiger partial charge in [-0.2, -0.15) is 13.2 Å². The summed E-state index contributed by atoms with van der Waals surface area (Å²) < 4.78 is 48.7. The second-order valence-corrected chi connectivity index (χ2v) is 18.7. The SMILES string of the molecule is COC(=O)N[C@H](C(=O)N1C[C@@H](C)C[C@H]1c1ncc(-c2ccc(-c3cc(Cl)c(NC(=O)c4ccc(N5C[C@H](C)N(C(=O)[C@H]6CC6(C)C)C[C@H]5C)nc4)cc3C(F)(F)F)cc2)[nH]1)C(C)C. The number of halogens is 4. The van der Waals surface area contributed by atoms with Gasteiger partial charge >= 0.3 is 12.3 Å². The Hall–Kier alpha value is -5.64. The number of ether oxygens (including phenoxy) is 1. The van der Waals surface area contributed by atoms with Gasteiger partial charge in [-0.05, 0) is 84.9 Å². The summed E-state index contributed by atoms with van der Waals surface area (Å²) in [5.41, 5.74) is 0.294. The van der Waals surface area contributed by atoms with Crippen molar-refractivity contribution in [3.63, 3.8) is 0 Å². The summed E-state index contributed by atoms with van der Waals surface area (Å²) in [7, 11) is 1.24. The van der Waals surface area contributed by atoms with E-state index in [1.54, 1.807) is 47.5 Å². The van der Waals surface area contributed by atoms with Gasteiger partial charge in [0.15, 0.2) is 0 Å². The van der Waals surface area contributed by atoms with Gasteiger partial charge in [-0.3, -0.25) is 14.4 Å². The van der Waals surface area contributed by atoms with E-state index in [0.29, 0.717) is 49.0 Å². The number of anilines is 2. The van der Waals surface area contributed by atoms with Crippen molar-refractivity contribution in [2.24, 2.45) is 23.2 Å². The van der Waals surface area contributed by atoms with Crippen molar-refractivity contribution in [3.05, 3.63) is 82.9 Å². The molecule has 3 fully saturated rings. The first kappa shape index (κ1) is 45.4. The van der Waals surface area contributed by atoms with Crippen LogP contribution in [0.1, 0.15) is 89.1 Å². The Morgan fingerprint density at radius 2 is 1.60 bits per heavy atom. The van der Waals surface area contributed by atoms with Crippen LogP contribution in [0.5, 0.6) is 0 Å². The number of alkyl carbamates (subject to hydrolysis) is 1. The van der Waals surface area contributed by atoms with Crippen LogP contribution in [0.15, 0.2) is 60.9 Å². The number of piperazine rings is 1. The van der Waals surface area contributed by atoms with E-state index in [-0.39, 0.29) is 80.5 Å². The van der Waals surface area contributed by atoms with Crippen LogP contribution in [0.25, 0.3) is 22.4 Å². The van der Waals surface area contributed by atoms with E-state index in [1.165, 1.54) is 19.4 Å². The number of aromatic amines is 1. The van der Waals surface area contributed by atoms with E-state index >= 15 is 0 Å². The smallest absolute Gasteiger partial charge is 0.417 e. The van der Waals surface area contributed by atoms with Crippen molar-refractivity contribution in [2.45, 2.75) is 91.7 Å². The summed E-state index contributed by atoms with van der Waals surface area (Å²) in [6.45, 7) is 15.5. The average molecular weight is 891 g/mol. The molecule has 3 N–H and O–H groups in total. The van der Waals surface area contributed by atoms with Crippen molar-refractivity contribution in [2.75, 3.05) is 37.0 Å². The number of hydrogen-bond donors (Lipinski definition) is 3. The zero-order chi connectivity index (χ0) is 45.7. The monoisotopic (exact) mass is 890 g/mol. The zero-order valence-corrected chi connectivity index (χ0v) is 37.4. The molecule has 0 bridgehead atoms. The number of imidazole rings is 1. The summed E-state index contributed by atoms with van der Waals surface area (Å²) in [6, 6.07) is 10.5. The molecule has 0 spiro atoms. The molecule has 3 aliphatic rings. The first-order valence-corrected chi connectivity index (χ1v) is 21.6. The highest BCUT2D eigenvalue weighted by Gasteiger charge is 2.53. The minimum atomic E-state index is -4.79. The van der Waals surface area contributed by atoms with Gasteiger partial charge in [-0.25, -0.2) is 14.8 Å². The van der Waals surface area contributed by atoms with Crippen molar-refractivity contribution in [3.8, 4) is 22.4 Å². The van der Waals surface area contributed by atoms with Gasteiger partial charge < -0.3 is 35.1 Å². The van der Waals surface area contributed by atoms with Crippen LogP contribution in [0.4, 0.5) is 29.5 Å². The molecular weight excluding hydrogens is 837 g/mol. The van der Waals surface area contributed by atoms with Gasteiger partial charge in [0.1, 0.15) is 17.7 Å². The van der Waals surface area contributed by atoms with Gasteiger partial charge in [0.05, 0.1) is 46.9 Å². The van der Waals surface area contributed by atoms with Crippen molar-refractivity contribution in [1.29, 1.82) is 0 Å². The number of carbonyl (C=O) groups is 4. The number of amides is 4. The molecular formula is C46H54ClF3N8O5. The Kier molecular flexibility index (Phi) is 12.6. The van der Waals surface area contributed by atoms with Crippen molar-refractivity contribution >= 4 is 46.9 Å². The standard InChI is InChI=1S/C46H54ClF3N8O5/c1-24(2)39(55-44(62)63-8)43(61)58-21-25(3)15-37(58)40-52-20-36(53-40)29-11-9-28(10-12-29)31-16-34(47)35(17-32(31)46(48,49)50)54-41(59)30-13-14-38(51-19-30)56-22-27(5)57(23-26(56)4)42(60)33-18-45(33,6)7/h9-14,16-17,19-20,24-27,33,37,39H,15,18,21-23H2,1-8H3,(H,52,53)(H,54,59)(H,55,62)/t25-,26+,27-,33+,37-,39-/m0/s1. The summed E-state index contributed by atoms with van der Waals surface area (Å²) in [5, 5.41) is 5.09. The predicted octanol–water partition coefficient (Wildman–Crippen LogP) is 8.83. The molecule has 17 heteroatoms. The van der Waals surface area contributed by atoms with Gasteiger partial charge in [-0.1, -0.05) is 70.5 Å². The molecule has 2 aromatic heterocycles. The number of rotatable bonds is 10. The van der Waals surface area contributed by atoms with Crippen LogP contribution in [-0.4, -0.2) is 93.4 Å². The van der Waals surface area contributed by atoms with E-state index in [4.69, 9.17) is 16.3 Å². The minimum Gasteiger partial charge on any atom is -0.453 e. The third-order valence-electron chi connectivity index (χ3n) is 12.6. The Bertz CT molecular complexity index is 2370. The van der Waals surface area contributed by atoms with Crippen molar-refractivity contribution in [1.82, 2.24) is 30.1 Å². The lowest BCUT2D eigenvalue weighted by atomic mass is 9.97. The predicted molar refractivity (Wildman–Crippen MR) is 234 cm³/mol. The van der Waals surface area contributed by atoms with Crippen LogP contribution < -0.4 is 15.5 Å². The molecule has 336 valence electrons. The molecule has 0 unspecified atom stereocenters. The number of methoxy groups -OCH3 is 1. The lowest BCUT2D eigenvalue weighted by molar-refractivity contribution is -0.137. The molecule has 4 aromatic rings. The van der Waals surface area contributed by atoms with E-state index < -0.39 is 29.8 Å². The maximum Gasteiger partial charge on any atom is 0.417 e. The molecule has 6 atom stereocenters. The second kappa shape index (κ2) is 17.5. The van der Waals surface area contributed by atoms with E-state index in [9.17, 15) is 32.3 Å². The highest BCUT2D eigenvalue weighted by Crippen LogP contribution is 2.53. The lowest BCUT2D eigenvalue weighted by Crippen LogP contribution is -2.59. The topological polar surface area (TPSA) is 153 Å². The number of nitrogens with one attached hydrogen (secondary N) is 3. The Balaban J connectivity index is 1.04. The number of alkyl halides is 3. The molecule has 2 aliphatic heterocycles. The number of pyridine rings is 1. The molecule has 13 nitrogen and oxygen atoms in total. The molecule has 2 aromatic carbocycles. The van der Waals surface area contributed by atoms with Crippen LogP contribution in [-0.2, 0) is 20.5 Å². The van der Waals surface area contributed by atoms with E-state index in [1.807, 2.05) is 39.5 Å². The van der Waals surface area contributed by atoms with Gasteiger partial charge in [-0.15, -0.1) is 0 Å². The number of aromatic nitrogens is 3. The van der Waals surface area contributed by atoms with Crippen LogP contribution in [0.3, 0.4) is 0 Å². The Labute approximate surface area is 370 Å². The third kappa shape index (κ3) is 9.51. The van der Waals surface area contributed by atoms with Gasteiger partial charge in [0, 0.05) is 43.8 Å². The van der Waals surface area contributed by atoms with Crippen LogP contribution >= 0.6 is 11.6 Å². The fourth-order valence-corrected chi connectivity index (χ4v) is 8.99. The number of H-pyrrole nitrogens is 1. The molecule has 1 saturated carbocycles. The van der Waals surface area contributed by atoms with E-state index in [2.05, 4.69) is 44.3 Å².